The number of halogens is 1. The standard InChI is InChI=1S/C12H18ClN3O3S/c1-7(2)16-11(17)6-15-20(18,19)9-4-8(3)12(13)10(14)5-9/h4-5,7,15H,6,14H2,1-3H3,(H,16,17). The fourth-order valence-electron chi connectivity index (χ4n) is 1.53. The highest BCUT2D eigenvalue weighted by Gasteiger charge is 2.18. The van der Waals surface area contributed by atoms with Gasteiger partial charge in [-0.05, 0) is 38.5 Å². The van der Waals surface area contributed by atoms with Gasteiger partial charge in [0, 0.05) is 6.04 Å². The molecular formula is C12H18ClN3O3S. The van der Waals surface area contributed by atoms with Crippen molar-refractivity contribution >= 4 is 33.2 Å². The van der Waals surface area contributed by atoms with E-state index in [9.17, 15) is 13.2 Å². The quantitative estimate of drug-likeness (QED) is 0.706. The Morgan fingerprint density at radius 2 is 2.00 bits per heavy atom. The molecule has 0 saturated heterocycles. The van der Waals surface area contributed by atoms with Crippen LogP contribution in [-0.4, -0.2) is 26.9 Å². The number of hydrogen-bond acceptors (Lipinski definition) is 4. The summed E-state index contributed by atoms with van der Waals surface area (Å²) in [5, 5.41) is 2.91. The highest BCUT2D eigenvalue weighted by Crippen LogP contribution is 2.26. The van der Waals surface area contributed by atoms with Crippen LogP contribution < -0.4 is 15.8 Å². The third-order valence-corrected chi connectivity index (χ3v) is 4.34. The lowest BCUT2D eigenvalue weighted by molar-refractivity contribution is -0.120. The summed E-state index contributed by atoms with van der Waals surface area (Å²) in [6, 6.07) is 2.61. The van der Waals surface area contributed by atoms with Crippen molar-refractivity contribution in [2.24, 2.45) is 0 Å². The van der Waals surface area contributed by atoms with E-state index in [0.29, 0.717) is 10.6 Å². The maximum atomic E-state index is 12.0. The van der Waals surface area contributed by atoms with Gasteiger partial charge in [-0.2, -0.15) is 0 Å². The summed E-state index contributed by atoms with van der Waals surface area (Å²) in [4.78, 5) is 11.4. The van der Waals surface area contributed by atoms with Crippen LogP contribution in [0.15, 0.2) is 17.0 Å². The first-order valence-electron chi connectivity index (χ1n) is 5.98. The number of amides is 1. The predicted molar refractivity (Wildman–Crippen MR) is 79.1 cm³/mol. The van der Waals surface area contributed by atoms with Crippen LogP contribution in [0.1, 0.15) is 19.4 Å². The largest absolute Gasteiger partial charge is 0.397 e. The molecule has 20 heavy (non-hydrogen) atoms. The van der Waals surface area contributed by atoms with Crippen LogP contribution in [0, 0.1) is 6.92 Å². The molecule has 0 aliphatic heterocycles. The van der Waals surface area contributed by atoms with Crippen molar-refractivity contribution < 1.29 is 13.2 Å². The minimum Gasteiger partial charge on any atom is -0.397 e. The molecule has 0 aliphatic carbocycles. The van der Waals surface area contributed by atoms with Gasteiger partial charge in [-0.3, -0.25) is 4.79 Å². The van der Waals surface area contributed by atoms with Gasteiger partial charge < -0.3 is 11.1 Å². The van der Waals surface area contributed by atoms with Crippen molar-refractivity contribution in [2.45, 2.75) is 31.7 Å². The minimum atomic E-state index is -3.80. The number of rotatable bonds is 5. The number of benzene rings is 1. The van der Waals surface area contributed by atoms with E-state index in [0.717, 1.165) is 0 Å². The van der Waals surface area contributed by atoms with E-state index in [2.05, 4.69) is 10.0 Å². The molecule has 0 bridgehead atoms. The lowest BCUT2D eigenvalue weighted by Gasteiger charge is -2.11. The highest BCUT2D eigenvalue weighted by molar-refractivity contribution is 7.89. The third-order valence-electron chi connectivity index (χ3n) is 2.44. The maximum absolute atomic E-state index is 12.0. The third kappa shape index (κ3) is 4.36. The fourth-order valence-corrected chi connectivity index (χ4v) is 2.75. The van der Waals surface area contributed by atoms with Crippen molar-refractivity contribution in [1.82, 2.24) is 10.0 Å². The summed E-state index contributed by atoms with van der Waals surface area (Å²) in [7, 11) is -3.80. The van der Waals surface area contributed by atoms with E-state index >= 15 is 0 Å². The van der Waals surface area contributed by atoms with E-state index in [1.165, 1.54) is 12.1 Å². The second-order valence-corrected chi connectivity index (χ2v) is 6.84. The smallest absolute Gasteiger partial charge is 0.241 e. The molecule has 0 radical (unpaired) electrons. The number of anilines is 1. The van der Waals surface area contributed by atoms with Crippen LogP contribution in [0.5, 0.6) is 0 Å². The molecule has 6 nitrogen and oxygen atoms in total. The van der Waals surface area contributed by atoms with Crippen molar-refractivity contribution in [3.05, 3.63) is 22.7 Å². The summed E-state index contributed by atoms with van der Waals surface area (Å²) < 4.78 is 26.3. The molecule has 1 rings (SSSR count). The normalized spacial score (nSPS) is 11.7. The van der Waals surface area contributed by atoms with E-state index in [1.807, 2.05) is 0 Å². The molecular weight excluding hydrogens is 302 g/mol. The zero-order valence-corrected chi connectivity index (χ0v) is 13.1. The highest BCUT2D eigenvalue weighted by atomic mass is 35.5. The molecule has 1 amide bonds. The first kappa shape index (κ1) is 16.7. The average molecular weight is 320 g/mol. The Bertz CT molecular complexity index is 591. The monoisotopic (exact) mass is 319 g/mol. The van der Waals surface area contributed by atoms with Gasteiger partial charge >= 0.3 is 0 Å². The molecule has 0 saturated carbocycles. The molecule has 0 spiro atoms. The van der Waals surface area contributed by atoms with Crippen LogP contribution in [0.4, 0.5) is 5.69 Å². The number of nitrogens with one attached hydrogen (secondary N) is 2. The second kappa shape index (κ2) is 6.43. The van der Waals surface area contributed by atoms with Crippen LogP contribution in [-0.2, 0) is 14.8 Å². The number of carbonyl (C=O) groups excluding carboxylic acids is 1. The first-order chi connectivity index (χ1) is 9.13. The van der Waals surface area contributed by atoms with E-state index < -0.39 is 15.9 Å². The summed E-state index contributed by atoms with van der Waals surface area (Å²) in [6.07, 6.45) is 0. The molecule has 0 unspecified atom stereocenters. The minimum absolute atomic E-state index is 0.0192. The predicted octanol–water partition coefficient (Wildman–Crippen LogP) is 1.03. The van der Waals surface area contributed by atoms with Gasteiger partial charge in [0.1, 0.15) is 0 Å². The van der Waals surface area contributed by atoms with Gasteiger partial charge in [-0.1, -0.05) is 11.6 Å². The van der Waals surface area contributed by atoms with Crippen molar-refractivity contribution in [3.8, 4) is 0 Å². The van der Waals surface area contributed by atoms with E-state index in [1.54, 1.807) is 20.8 Å². The topological polar surface area (TPSA) is 101 Å². The van der Waals surface area contributed by atoms with Crippen LogP contribution in [0.3, 0.4) is 0 Å². The molecule has 0 aliphatic rings. The van der Waals surface area contributed by atoms with Gasteiger partial charge in [-0.25, -0.2) is 13.1 Å². The second-order valence-electron chi connectivity index (χ2n) is 4.69. The van der Waals surface area contributed by atoms with Gasteiger partial charge in [0.2, 0.25) is 15.9 Å². The number of hydrogen-bond donors (Lipinski definition) is 3. The van der Waals surface area contributed by atoms with Crippen LogP contribution in [0.2, 0.25) is 5.02 Å². The Kier molecular flexibility index (Phi) is 5.38. The van der Waals surface area contributed by atoms with E-state index in [-0.39, 0.29) is 23.2 Å². The fraction of sp³-hybridized carbons (Fsp3) is 0.417. The summed E-state index contributed by atoms with van der Waals surface area (Å²) in [5.74, 6) is -0.401. The van der Waals surface area contributed by atoms with E-state index in [4.69, 9.17) is 17.3 Å². The maximum Gasteiger partial charge on any atom is 0.241 e. The van der Waals surface area contributed by atoms with Gasteiger partial charge in [-0.15, -0.1) is 0 Å². The van der Waals surface area contributed by atoms with Gasteiger partial charge in [0.25, 0.3) is 0 Å². The van der Waals surface area contributed by atoms with Crippen molar-refractivity contribution in [3.63, 3.8) is 0 Å². The lowest BCUT2D eigenvalue weighted by Crippen LogP contribution is -2.39. The average Bonchev–Trinajstić information content (AvgIpc) is 2.32. The zero-order chi connectivity index (χ0) is 15.5. The first-order valence-corrected chi connectivity index (χ1v) is 7.84. The number of aryl methyl sites for hydroxylation is 1. The van der Waals surface area contributed by atoms with Crippen LogP contribution in [0.25, 0.3) is 0 Å². The molecule has 4 N–H and O–H groups in total. The summed E-state index contributed by atoms with van der Waals surface area (Å²) >= 11 is 5.88. The SMILES string of the molecule is Cc1cc(S(=O)(=O)NCC(=O)NC(C)C)cc(N)c1Cl. The molecule has 8 heteroatoms. The number of nitrogens with two attached hydrogens (primary N) is 1. The Morgan fingerprint density at radius 3 is 2.50 bits per heavy atom. The zero-order valence-electron chi connectivity index (χ0n) is 11.5. The molecule has 0 aromatic heterocycles. The molecule has 0 fully saturated rings. The summed E-state index contributed by atoms with van der Waals surface area (Å²) in [5.41, 5.74) is 6.37. The Morgan fingerprint density at radius 1 is 1.40 bits per heavy atom. The number of carbonyl (C=O) groups is 1. The van der Waals surface area contributed by atoms with Crippen LogP contribution >= 0.6 is 11.6 Å². The molecule has 0 atom stereocenters. The molecule has 0 heterocycles. The van der Waals surface area contributed by atoms with Gasteiger partial charge in [0.05, 0.1) is 22.2 Å². The van der Waals surface area contributed by atoms with Crippen molar-refractivity contribution in [2.75, 3.05) is 12.3 Å². The molecule has 1 aromatic carbocycles. The van der Waals surface area contributed by atoms with Crippen molar-refractivity contribution in [1.29, 1.82) is 0 Å². The Balaban J connectivity index is 2.87. The number of sulfonamides is 1. The Labute approximate surface area is 123 Å². The number of nitrogen functional groups attached to an aromatic ring is 1. The molecule has 112 valence electrons. The molecule has 1 aromatic rings. The Hall–Kier alpha value is -1.31. The summed E-state index contributed by atoms with van der Waals surface area (Å²) in [6.45, 7) is 4.90. The van der Waals surface area contributed by atoms with Gasteiger partial charge in [0.15, 0.2) is 0 Å². The lowest BCUT2D eigenvalue weighted by atomic mass is 10.2.